The van der Waals surface area contributed by atoms with Crippen molar-refractivity contribution in [1.82, 2.24) is 10.2 Å². The summed E-state index contributed by atoms with van der Waals surface area (Å²) in [4.78, 5) is 23.5. The molecule has 0 heterocycles. The van der Waals surface area contributed by atoms with Crippen LogP contribution >= 0.6 is 0 Å². The number of carboxylic acid groups (broad SMARTS) is 1. The number of hydrogen-bond donors (Lipinski definition) is 2. The summed E-state index contributed by atoms with van der Waals surface area (Å²) in [7, 11) is 1.53. The van der Waals surface area contributed by atoms with Crippen molar-refractivity contribution in [2.24, 2.45) is 0 Å². The van der Waals surface area contributed by atoms with E-state index in [1.165, 1.54) is 31.0 Å². The zero-order valence-electron chi connectivity index (χ0n) is 10.2. The Bertz CT molecular complexity index is 433. The molecule has 0 aromatic heterocycles. The average Bonchev–Trinajstić information content (AvgIpc) is 2.31. The van der Waals surface area contributed by atoms with Crippen molar-refractivity contribution in [3.05, 3.63) is 35.6 Å². The molecule has 0 aliphatic rings. The Morgan fingerprint density at radius 1 is 1.39 bits per heavy atom. The Kier molecular flexibility index (Phi) is 4.65. The van der Waals surface area contributed by atoms with Crippen LogP contribution in [-0.2, 0) is 11.3 Å². The van der Waals surface area contributed by atoms with E-state index in [-0.39, 0.29) is 12.4 Å². The highest BCUT2D eigenvalue weighted by molar-refractivity contribution is 5.82. The largest absolute Gasteiger partial charge is 0.480 e. The summed E-state index contributed by atoms with van der Waals surface area (Å²) >= 11 is 0. The number of amides is 2. The van der Waals surface area contributed by atoms with Crippen molar-refractivity contribution >= 4 is 12.0 Å². The molecule has 5 nitrogen and oxygen atoms in total. The van der Waals surface area contributed by atoms with Crippen molar-refractivity contribution < 1.29 is 19.1 Å². The first-order valence-electron chi connectivity index (χ1n) is 5.39. The topological polar surface area (TPSA) is 69.6 Å². The lowest BCUT2D eigenvalue weighted by molar-refractivity contribution is -0.138. The third-order valence-electron chi connectivity index (χ3n) is 2.39. The zero-order valence-corrected chi connectivity index (χ0v) is 10.2. The second-order valence-corrected chi connectivity index (χ2v) is 3.99. The molecular weight excluding hydrogens is 239 g/mol. The fourth-order valence-corrected chi connectivity index (χ4v) is 1.29. The van der Waals surface area contributed by atoms with Crippen LogP contribution in [0.3, 0.4) is 0 Å². The number of halogens is 1. The van der Waals surface area contributed by atoms with Gasteiger partial charge in [0.25, 0.3) is 0 Å². The minimum Gasteiger partial charge on any atom is -0.480 e. The maximum Gasteiger partial charge on any atom is 0.325 e. The van der Waals surface area contributed by atoms with Gasteiger partial charge in [-0.1, -0.05) is 12.1 Å². The van der Waals surface area contributed by atoms with E-state index in [9.17, 15) is 14.0 Å². The molecule has 0 saturated carbocycles. The summed E-state index contributed by atoms with van der Waals surface area (Å²) in [5.41, 5.74) is 0.761. The molecule has 1 aromatic rings. The van der Waals surface area contributed by atoms with Gasteiger partial charge >= 0.3 is 12.0 Å². The van der Waals surface area contributed by atoms with E-state index in [2.05, 4.69) is 5.32 Å². The standard InChI is InChI=1S/C12H15FN2O3/c1-8(11(16)17)14-12(18)15(2)7-9-3-5-10(13)6-4-9/h3-6,8H,7H2,1-2H3,(H,14,18)(H,16,17)/t8-/m0/s1. The predicted molar refractivity (Wildman–Crippen MR) is 63.5 cm³/mol. The second kappa shape index (κ2) is 6.00. The molecule has 98 valence electrons. The number of rotatable bonds is 4. The van der Waals surface area contributed by atoms with Crippen LogP contribution in [0.1, 0.15) is 12.5 Å². The number of carbonyl (C=O) groups excluding carboxylic acids is 1. The van der Waals surface area contributed by atoms with E-state index in [0.717, 1.165) is 5.56 Å². The van der Waals surface area contributed by atoms with E-state index in [0.29, 0.717) is 0 Å². The van der Waals surface area contributed by atoms with E-state index in [4.69, 9.17) is 5.11 Å². The molecule has 2 N–H and O–H groups in total. The number of nitrogens with one attached hydrogen (secondary N) is 1. The number of hydrogen-bond acceptors (Lipinski definition) is 2. The molecule has 0 bridgehead atoms. The highest BCUT2D eigenvalue weighted by atomic mass is 19.1. The summed E-state index contributed by atoms with van der Waals surface area (Å²) in [6, 6.07) is 4.31. The molecule has 18 heavy (non-hydrogen) atoms. The van der Waals surface area contributed by atoms with Crippen molar-refractivity contribution in [1.29, 1.82) is 0 Å². The molecule has 0 aliphatic heterocycles. The van der Waals surface area contributed by atoms with Crippen LogP contribution in [0.4, 0.5) is 9.18 Å². The second-order valence-electron chi connectivity index (χ2n) is 3.99. The number of benzene rings is 1. The number of carboxylic acids is 1. The average molecular weight is 254 g/mol. The summed E-state index contributed by atoms with van der Waals surface area (Å²) in [5.74, 6) is -1.44. The summed E-state index contributed by atoms with van der Waals surface area (Å²) < 4.78 is 12.7. The van der Waals surface area contributed by atoms with Gasteiger partial charge in [0.15, 0.2) is 0 Å². The molecule has 0 fully saturated rings. The van der Waals surface area contributed by atoms with E-state index in [1.54, 1.807) is 12.1 Å². The molecule has 0 spiro atoms. The van der Waals surface area contributed by atoms with Gasteiger partial charge in [-0.15, -0.1) is 0 Å². The molecule has 1 aromatic carbocycles. The predicted octanol–water partition coefficient (Wildman–Crippen LogP) is 1.44. The van der Waals surface area contributed by atoms with Gasteiger partial charge in [-0.2, -0.15) is 0 Å². The van der Waals surface area contributed by atoms with E-state index in [1.807, 2.05) is 0 Å². The van der Waals surface area contributed by atoms with Crippen molar-refractivity contribution in [2.75, 3.05) is 7.05 Å². The fourth-order valence-electron chi connectivity index (χ4n) is 1.29. The Morgan fingerprint density at radius 2 is 1.94 bits per heavy atom. The number of carbonyl (C=O) groups is 2. The molecule has 2 amide bonds. The van der Waals surface area contributed by atoms with Gasteiger partial charge in [-0.25, -0.2) is 9.18 Å². The quantitative estimate of drug-likeness (QED) is 0.854. The SMILES string of the molecule is C[C@H](NC(=O)N(C)Cc1ccc(F)cc1)C(=O)O. The maximum atomic E-state index is 12.7. The third kappa shape index (κ3) is 4.04. The first-order valence-corrected chi connectivity index (χ1v) is 5.39. The summed E-state index contributed by atoms with van der Waals surface area (Å²) in [5, 5.41) is 11.0. The third-order valence-corrected chi connectivity index (χ3v) is 2.39. The number of nitrogens with zero attached hydrogens (tertiary/aromatic N) is 1. The molecular formula is C12H15FN2O3. The van der Waals surface area contributed by atoms with Crippen LogP contribution in [0.5, 0.6) is 0 Å². The van der Waals surface area contributed by atoms with Crippen molar-refractivity contribution in [3.8, 4) is 0 Å². The monoisotopic (exact) mass is 254 g/mol. The first-order chi connectivity index (χ1) is 8.40. The van der Waals surface area contributed by atoms with Gasteiger partial charge < -0.3 is 15.3 Å². The summed E-state index contributed by atoms with van der Waals surface area (Å²) in [6.45, 7) is 1.66. The molecule has 1 atom stereocenters. The molecule has 0 radical (unpaired) electrons. The van der Waals surface area contributed by atoms with Crippen LogP contribution in [0.2, 0.25) is 0 Å². The zero-order chi connectivity index (χ0) is 13.7. The highest BCUT2D eigenvalue weighted by Crippen LogP contribution is 2.05. The smallest absolute Gasteiger partial charge is 0.325 e. The lowest BCUT2D eigenvalue weighted by atomic mass is 10.2. The van der Waals surface area contributed by atoms with Crippen LogP contribution < -0.4 is 5.32 Å². The molecule has 0 aliphatic carbocycles. The van der Waals surface area contributed by atoms with Gasteiger partial charge in [-0.3, -0.25) is 4.79 Å². The normalized spacial score (nSPS) is 11.7. The van der Waals surface area contributed by atoms with Gasteiger partial charge in [0.05, 0.1) is 0 Å². The molecule has 1 rings (SSSR count). The minimum atomic E-state index is -1.10. The minimum absolute atomic E-state index is 0.276. The van der Waals surface area contributed by atoms with Gasteiger partial charge in [0.2, 0.25) is 0 Å². The Labute approximate surface area is 104 Å². The van der Waals surface area contributed by atoms with Crippen LogP contribution in [0, 0.1) is 5.82 Å². The van der Waals surface area contributed by atoms with Gasteiger partial charge in [0, 0.05) is 13.6 Å². The van der Waals surface area contributed by atoms with E-state index >= 15 is 0 Å². The maximum absolute atomic E-state index is 12.7. The molecule has 0 saturated heterocycles. The van der Waals surface area contributed by atoms with Crippen LogP contribution in [0.25, 0.3) is 0 Å². The van der Waals surface area contributed by atoms with Crippen LogP contribution in [-0.4, -0.2) is 35.1 Å². The first kappa shape index (κ1) is 14.0. The fraction of sp³-hybridized carbons (Fsp3) is 0.333. The number of aliphatic carboxylic acids is 1. The Hall–Kier alpha value is -2.11. The lowest BCUT2D eigenvalue weighted by Crippen LogP contribution is -2.44. The van der Waals surface area contributed by atoms with Gasteiger partial charge in [-0.05, 0) is 24.6 Å². The highest BCUT2D eigenvalue weighted by Gasteiger charge is 2.16. The molecule has 6 heteroatoms. The Morgan fingerprint density at radius 3 is 2.44 bits per heavy atom. The lowest BCUT2D eigenvalue weighted by Gasteiger charge is -2.19. The van der Waals surface area contributed by atoms with Crippen molar-refractivity contribution in [3.63, 3.8) is 0 Å². The Balaban J connectivity index is 2.54. The number of urea groups is 1. The van der Waals surface area contributed by atoms with Crippen LogP contribution in [0.15, 0.2) is 24.3 Å². The molecule has 0 unspecified atom stereocenters. The van der Waals surface area contributed by atoms with Crippen molar-refractivity contribution in [2.45, 2.75) is 19.5 Å². The van der Waals surface area contributed by atoms with E-state index < -0.39 is 18.0 Å². The van der Waals surface area contributed by atoms with Gasteiger partial charge in [0.1, 0.15) is 11.9 Å². The summed E-state index contributed by atoms with van der Waals surface area (Å²) in [6.07, 6.45) is 0.